The molecule has 0 bridgehead atoms. The van der Waals surface area contributed by atoms with Gasteiger partial charge in [0.15, 0.2) is 0 Å². The van der Waals surface area contributed by atoms with E-state index in [0.29, 0.717) is 0 Å². The zero-order chi connectivity index (χ0) is 35.1. The van der Waals surface area contributed by atoms with E-state index in [1.807, 2.05) is 0 Å². The van der Waals surface area contributed by atoms with Gasteiger partial charge in [-0.2, -0.15) is 0 Å². The molecular formula is C46H96ClP. The van der Waals surface area contributed by atoms with Crippen LogP contribution in [0, 0.1) is 0 Å². The van der Waals surface area contributed by atoms with Crippen LogP contribution < -0.4 is 0 Å². The predicted octanol–water partition coefficient (Wildman–Crippen LogP) is 18.6. The van der Waals surface area contributed by atoms with Crippen molar-refractivity contribution >= 4 is 17.2 Å². The molecule has 0 aliphatic carbocycles. The van der Waals surface area contributed by atoms with Crippen LogP contribution in [0.5, 0.6) is 0 Å². The van der Waals surface area contributed by atoms with Crippen LogP contribution in [0.1, 0.15) is 270 Å². The summed E-state index contributed by atoms with van der Waals surface area (Å²) in [5.41, 5.74) is 0. The molecule has 0 radical (unpaired) electrons. The second-order valence-corrected chi connectivity index (χ2v) is 27.8. The summed E-state index contributed by atoms with van der Waals surface area (Å²) in [5, 5.41) is 0. The first-order chi connectivity index (χ1) is 23.3. The molecule has 0 aromatic heterocycles. The Morgan fingerprint density at radius 1 is 0.229 bits per heavy atom. The Hall–Kier alpha value is 0.720. The summed E-state index contributed by atoms with van der Waals surface area (Å²) in [6.45, 7) is 9.18. The fraction of sp³-hybridized carbons (Fsp3) is 1.00. The van der Waals surface area contributed by atoms with Gasteiger partial charge in [0.05, 0.1) is 0 Å². The number of hydrogen-bond donors (Lipinski definition) is 0. The molecule has 0 aromatic carbocycles. The van der Waals surface area contributed by atoms with Gasteiger partial charge in [0.2, 0.25) is 0 Å². The molecule has 0 amide bonds. The van der Waals surface area contributed by atoms with E-state index >= 15 is 0 Å². The average molecular weight is 716 g/mol. The standard InChI is InChI=1S/C46H96ClP/c1-5-6-7-8-9-10-11-12-13-14-15-16-17-18-19-20-21-22-23-24-25-26-27-28-29-30-31-32-33-34-35-36-37-38-39-40-41-42-43-44-45-46-48(2,3,4)47/h5-46H2,1-4H3. The maximum atomic E-state index is 6.66. The van der Waals surface area contributed by atoms with Crippen LogP contribution in [0.15, 0.2) is 0 Å². The summed E-state index contributed by atoms with van der Waals surface area (Å²) in [5.74, 6) is -1.77. The van der Waals surface area contributed by atoms with Gasteiger partial charge >= 0.3 is 114 Å². The SMILES string of the molecule is CCCCCCCCCCCCCCCCCCCCCCCCCCCCCCCCCCCCCCCCCCCP(C)(C)(C)Cl. The van der Waals surface area contributed by atoms with Crippen molar-refractivity contribution in [2.75, 3.05) is 26.2 Å². The van der Waals surface area contributed by atoms with E-state index in [4.69, 9.17) is 11.2 Å². The topological polar surface area (TPSA) is 0 Å². The van der Waals surface area contributed by atoms with Crippen LogP contribution >= 0.6 is 17.2 Å². The maximum absolute atomic E-state index is 6.66. The van der Waals surface area contributed by atoms with Crippen molar-refractivity contribution in [3.8, 4) is 0 Å². The fourth-order valence-corrected chi connectivity index (χ4v) is 9.26. The van der Waals surface area contributed by atoms with E-state index in [0.717, 1.165) is 0 Å². The minimum absolute atomic E-state index is 1.26. The van der Waals surface area contributed by atoms with E-state index in [9.17, 15) is 0 Å². The second-order valence-electron chi connectivity index (χ2n) is 17.8. The third-order valence-electron chi connectivity index (χ3n) is 11.0. The van der Waals surface area contributed by atoms with Gasteiger partial charge in [-0.1, -0.05) is 200 Å². The molecule has 0 unspecified atom stereocenters. The molecule has 0 aliphatic rings. The Labute approximate surface area is 312 Å². The average Bonchev–Trinajstić information content (AvgIpc) is 3.04. The summed E-state index contributed by atoms with van der Waals surface area (Å²) in [6, 6.07) is 0. The molecule has 0 saturated carbocycles. The van der Waals surface area contributed by atoms with E-state index in [2.05, 4.69) is 26.9 Å². The Morgan fingerprint density at radius 2 is 0.354 bits per heavy atom. The molecule has 0 fully saturated rings. The summed E-state index contributed by atoms with van der Waals surface area (Å²) in [6.07, 6.45) is 61.7. The van der Waals surface area contributed by atoms with Gasteiger partial charge in [-0.05, 0) is 0 Å². The molecule has 0 atom stereocenters. The summed E-state index contributed by atoms with van der Waals surface area (Å²) >= 11 is 6.66. The Balaban J connectivity index is 3.07. The molecule has 0 spiro atoms. The van der Waals surface area contributed by atoms with Crippen molar-refractivity contribution < 1.29 is 0 Å². The zero-order valence-electron chi connectivity index (χ0n) is 34.5. The molecule has 0 rings (SSSR count). The van der Waals surface area contributed by atoms with Gasteiger partial charge in [0, 0.05) is 0 Å². The van der Waals surface area contributed by atoms with Crippen LogP contribution in [0.4, 0.5) is 0 Å². The second kappa shape index (κ2) is 37.5. The molecule has 2 heteroatoms. The monoisotopic (exact) mass is 715 g/mol. The van der Waals surface area contributed by atoms with Crippen LogP contribution in [-0.2, 0) is 0 Å². The number of halogens is 1. The first-order valence-corrected chi connectivity index (χ1v) is 27.7. The van der Waals surface area contributed by atoms with E-state index in [1.54, 1.807) is 0 Å². The Bertz CT molecular complexity index is 583. The molecule has 0 heterocycles. The Morgan fingerprint density at radius 3 is 0.479 bits per heavy atom. The third kappa shape index (κ3) is 46.7. The molecule has 0 aliphatic heterocycles. The van der Waals surface area contributed by atoms with E-state index in [1.165, 1.54) is 269 Å². The molecule has 0 nitrogen and oxygen atoms in total. The first kappa shape index (κ1) is 48.7. The van der Waals surface area contributed by atoms with Crippen LogP contribution in [-0.4, -0.2) is 26.2 Å². The summed E-state index contributed by atoms with van der Waals surface area (Å²) in [7, 11) is 0. The number of unbranched alkanes of at least 4 members (excludes halogenated alkanes) is 40. The molecule has 292 valence electrons. The predicted molar refractivity (Wildman–Crippen MR) is 230 cm³/mol. The number of hydrogen-bond acceptors (Lipinski definition) is 0. The molecule has 48 heavy (non-hydrogen) atoms. The normalized spacial score (nSPS) is 12.9. The zero-order valence-corrected chi connectivity index (χ0v) is 36.2. The molecular weight excluding hydrogens is 619 g/mol. The van der Waals surface area contributed by atoms with E-state index in [-0.39, 0.29) is 0 Å². The summed E-state index contributed by atoms with van der Waals surface area (Å²) < 4.78 is 0. The molecule has 0 saturated heterocycles. The molecule has 0 aromatic rings. The van der Waals surface area contributed by atoms with Crippen molar-refractivity contribution in [1.82, 2.24) is 0 Å². The van der Waals surface area contributed by atoms with Gasteiger partial charge in [-0.3, -0.25) is 0 Å². The van der Waals surface area contributed by atoms with Crippen molar-refractivity contribution in [2.45, 2.75) is 270 Å². The van der Waals surface area contributed by atoms with Gasteiger partial charge in [0.1, 0.15) is 0 Å². The van der Waals surface area contributed by atoms with Crippen LogP contribution in [0.2, 0.25) is 0 Å². The van der Waals surface area contributed by atoms with Crippen molar-refractivity contribution in [2.24, 2.45) is 0 Å². The van der Waals surface area contributed by atoms with Gasteiger partial charge in [-0.25, -0.2) is 0 Å². The minimum atomic E-state index is -1.77. The van der Waals surface area contributed by atoms with Crippen LogP contribution in [0.3, 0.4) is 0 Å². The fourth-order valence-electron chi connectivity index (χ4n) is 7.61. The first-order valence-electron chi connectivity index (χ1n) is 23.0. The quantitative estimate of drug-likeness (QED) is 0.0436. The van der Waals surface area contributed by atoms with Crippen molar-refractivity contribution in [3.05, 3.63) is 0 Å². The van der Waals surface area contributed by atoms with Gasteiger partial charge < -0.3 is 0 Å². The number of rotatable bonds is 42. The Kier molecular flexibility index (Phi) is 38.0. The van der Waals surface area contributed by atoms with Crippen molar-refractivity contribution in [3.63, 3.8) is 0 Å². The molecule has 0 N–H and O–H groups in total. The van der Waals surface area contributed by atoms with Crippen LogP contribution in [0.25, 0.3) is 0 Å². The van der Waals surface area contributed by atoms with Crippen molar-refractivity contribution in [1.29, 1.82) is 0 Å². The summed E-state index contributed by atoms with van der Waals surface area (Å²) in [4.78, 5) is 0. The van der Waals surface area contributed by atoms with Gasteiger partial charge in [-0.15, -0.1) is 0 Å². The third-order valence-corrected chi connectivity index (χ3v) is 13.4. The van der Waals surface area contributed by atoms with E-state index < -0.39 is 5.96 Å². The van der Waals surface area contributed by atoms with Gasteiger partial charge in [0.25, 0.3) is 0 Å².